The molecule has 15 heavy (non-hydrogen) atoms. The van der Waals surface area contributed by atoms with Gasteiger partial charge in [-0.25, -0.2) is 0 Å². The predicted molar refractivity (Wildman–Crippen MR) is 68.9 cm³/mol. The molecule has 90 valence electrons. The van der Waals surface area contributed by atoms with Gasteiger partial charge in [0.2, 0.25) is 0 Å². The average Bonchev–Trinajstić information content (AvgIpc) is 2.01. The summed E-state index contributed by atoms with van der Waals surface area (Å²) in [6.45, 7) is 10.9. The molecule has 0 aliphatic rings. The van der Waals surface area contributed by atoms with Gasteiger partial charge in [0.1, 0.15) is 6.10 Å². The van der Waals surface area contributed by atoms with E-state index < -0.39 is 14.2 Å². The maximum atomic E-state index is 9.19. The van der Waals surface area contributed by atoms with E-state index >= 15 is 0 Å². The lowest BCUT2D eigenvalue weighted by Crippen LogP contribution is -2.27. The first-order valence-electron chi connectivity index (χ1n) is 5.24. The molecule has 0 aliphatic carbocycles. The van der Waals surface area contributed by atoms with E-state index in [1.54, 1.807) is 13.8 Å². The van der Waals surface area contributed by atoms with Crippen LogP contribution >= 0.6 is 12.2 Å². The summed E-state index contributed by atoms with van der Waals surface area (Å²) in [6, 6.07) is 1.06. The molecule has 0 aromatic carbocycles. The Kier molecular flexibility index (Phi) is 6.39. The minimum atomic E-state index is -1.08. The predicted octanol–water partition coefficient (Wildman–Crippen LogP) is 2.41. The fourth-order valence-electron chi connectivity index (χ4n) is 0.725. The highest BCUT2D eigenvalue weighted by atomic mass is 32.1. The maximum Gasteiger partial charge on any atom is 0.352 e. The summed E-state index contributed by atoms with van der Waals surface area (Å²) in [7, 11) is -1.08. The molecule has 0 fully saturated rings. The topological polar surface area (TPSA) is 38.7 Å². The molecule has 0 bridgehead atoms. The van der Waals surface area contributed by atoms with Crippen LogP contribution in [0.2, 0.25) is 25.7 Å². The van der Waals surface area contributed by atoms with Crippen molar-refractivity contribution < 1.29 is 14.6 Å². The van der Waals surface area contributed by atoms with Gasteiger partial charge >= 0.3 is 5.24 Å². The maximum absolute atomic E-state index is 9.19. The summed E-state index contributed by atoms with van der Waals surface area (Å²) >= 11 is 4.90. The van der Waals surface area contributed by atoms with Crippen LogP contribution in [0.4, 0.5) is 0 Å². The van der Waals surface area contributed by atoms with Gasteiger partial charge in [0.15, 0.2) is 0 Å². The molecule has 3 nitrogen and oxygen atoms in total. The van der Waals surface area contributed by atoms with Crippen LogP contribution in [0.1, 0.15) is 13.8 Å². The zero-order valence-electron chi connectivity index (χ0n) is 10.2. The fourth-order valence-corrected chi connectivity index (χ4v) is 1.67. The standard InChI is InChI=1S/C10H22O3SSi/c1-8(11)9(2)13-10(14)12-6-7-15(3,4)5/h8-9,11H,6-7H2,1-5H3. The van der Waals surface area contributed by atoms with Crippen molar-refractivity contribution in [3.63, 3.8) is 0 Å². The smallest absolute Gasteiger partial charge is 0.352 e. The molecular weight excluding hydrogens is 228 g/mol. The molecule has 5 heteroatoms. The third kappa shape index (κ3) is 8.84. The first kappa shape index (κ1) is 14.9. The van der Waals surface area contributed by atoms with Gasteiger partial charge in [-0.2, -0.15) is 0 Å². The molecule has 0 aliphatic heterocycles. The Morgan fingerprint density at radius 1 is 1.33 bits per heavy atom. The number of hydrogen-bond donors (Lipinski definition) is 1. The van der Waals surface area contributed by atoms with Crippen molar-refractivity contribution in [3.8, 4) is 0 Å². The second kappa shape index (κ2) is 6.45. The van der Waals surface area contributed by atoms with Crippen LogP contribution in [-0.4, -0.2) is 37.2 Å². The number of aliphatic hydroxyl groups excluding tert-OH is 1. The monoisotopic (exact) mass is 250 g/mol. The summed E-state index contributed by atoms with van der Waals surface area (Å²) in [5, 5.41) is 9.33. The van der Waals surface area contributed by atoms with Crippen LogP contribution in [0.3, 0.4) is 0 Å². The van der Waals surface area contributed by atoms with Gasteiger partial charge in [-0.1, -0.05) is 19.6 Å². The van der Waals surface area contributed by atoms with E-state index in [-0.39, 0.29) is 11.3 Å². The highest BCUT2D eigenvalue weighted by Gasteiger charge is 2.15. The number of thiocarbonyl (C=S) groups is 1. The van der Waals surface area contributed by atoms with E-state index in [1.165, 1.54) is 0 Å². The number of rotatable bonds is 5. The molecule has 0 aromatic rings. The third-order valence-electron chi connectivity index (χ3n) is 2.03. The van der Waals surface area contributed by atoms with Crippen LogP contribution in [0, 0.1) is 0 Å². The van der Waals surface area contributed by atoms with Gasteiger partial charge in [0.25, 0.3) is 0 Å². The fraction of sp³-hybridized carbons (Fsp3) is 0.900. The van der Waals surface area contributed by atoms with Gasteiger partial charge < -0.3 is 14.6 Å². The van der Waals surface area contributed by atoms with Crippen LogP contribution in [0.25, 0.3) is 0 Å². The van der Waals surface area contributed by atoms with Gasteiger partial charge in [-0.05, 0) is 19.9 Å². The van der Waals surface area contributed by atoms with E-state index in [1.807, 2.05) is 0 Å². The molecule has 1 N–H and O–H groups in total. The Morgan fingerprint density at radius 2 is 1.87 bits per heavy atom. The Morgan fingerprint density at radius 3 is 2.27 bits per heavy atom. The van der Waals surface area contributed by atoms with Gasteiger partial charge in [0, 0.05) is 20.3 Å². The summed E-state index contributed by atoms with van der Waals surface area (Å²) in [5.74, 6) is 0. The highest BCUT2D eigenvalue weighted by molar-refractivity contribution is 7.79. The largest absolute Gasteiger partial charge is 0.457 e. The van der Waals surface area contributed by atoms with E-state index in [2.05, 4.69) is 19.6 Å². The first-order valence-corrected chi connectivity index (χ1v) is 9.35. The third-order valence-corrected chi connectivity index (χ3v) is 3.95. The van der Waals surface area contributed by atoms with E-state index in [4.69, 9.17) is 21.7 Å². The molecule has 0 saturated carbocycles. The van der Waals surface area contributed by atoms with Gasteiger partial charge in [0.05, 0.1) is 12.7 Å². The summed E-state index contributed by atoms with van der Waals surface area (Å²) in [5.41, 5.74) is 0. The van der Waals surface area contributed by atoms with Crippen LogP contribution in [-0.2, 0) is 9.47 Å². The molecule has 0 saturated heterocycles. The Labute approximate surface area is 98.8 Å². The van der Waals surface area contributed by atoms with Crippen LogP contribution < -0.4 is 0 Å². The van der Waals surface area contributed by atoms with Gasteiger partial charge in [-0.15, -0.1) is 0 Å². The summed E-state index contributed by atoms with van der Waals surface area (Å²) in [6.07, 6.45) is -0.854. The van der Waals surface area contributed by atoms with Crippen molar-refractivity contribution in [2.24, 2.45) is 0 Å². The Balaban J connectivity index is 3.67. The lowest BCUT2D eigenvalue weighted by atomic mass is 10.3. The van der Waals surface area contributed by atoms with Crippen molar-refractivity contribution in [1.29, 1.82) is 0 Å². The second-order valence-corrected chi connectivity index (χ2v) is 10.9. The Hall–Kier alpha value is -0.133. The minimum absolute atomic E-state index is 0.140. The van der Waals surface area contributed by atoms with Gasteiger partial charge in [-0.3, -0.25) is 0 Å². The number of aliphatic hydroxyl groups is 1. The lowest BCUT2D eigenvalue weighted by Gasteiger charge is -2.19. The lowest BCUT2D eigenvalue weighted by molar-refractivity contribution is 0.0312. The highest BCUT2D eigenvalue weighted by Crippen LogP contribution is 2.08. The Bertz CT molecular complexity index is 201. The minimum Gasteiger partial charge on any atom is -0.457 e. The number of ether oxygens (including phenoxy) is 2. The van der Waals surface area contributed by atoms with Crippen LogP contribution in [0.5, 0.6) is 0 Å². The van der Waals surface area contributed by atoms with Crippen LogP contribution in [0.15, 0.2) is 0 Å². The van der Waals surface area contributed by atoms with E-state index in [9.17, 15) is 5.11 Å². The van der Waals surface area contributed by atoms with E-state index in [0.29, 0.717) is 6.61 Å². The SMILES string of the molecule is CC(O)C(C)OC(=S)OCC[Si](C)(C)C. The van der Waals surface area contributed by atoms with Crippen molar-refractivity contribution >= 4 is 25.5 Å². The van der Waals surface area contributed by atoms with Crippen molar-refractivity contribution in [3.05, 3.63) is 0 Å². The molecule has 0 rings (SSSR count). The molecule has 2 atom stereocenters. The zero-order valence-corrected chi connectivity index (χ0v) is 12.1. The van der Waals surface area contributed by atoms with Crippen molar-refractivity contribution in [1.82, 2.24) is 0 Å². The second-order valence-electron chi connectivity index (χ2n) is 4.97. The molecule has 0 spiro atoms. The molecule has 0 radical (unpaired) electrons. The molecular formula is C10H22O3SSi. The average molecular weight is 250 g/mol. The van der Waals surface area contributed by atoms with Crippen molar-refractivity contribution in [2.75, 3.05) is 6.61 Å². The quantitative estimate of drug-likeness (QED) is 0.601. The molecule has 0 aromatic heterocycles. The zero-order chi connectivity index (χ0) is 12.1. The van der Waals surface area contributed by atoms with E-state index in [0.717, 1.165) is 6.04 Å². The molecule has 0 amide bonds. The molecule has 2 unspecified atom stereocenters. The molecule has 0 heterocycles. The normalized spacial score (nSPS) is 15.6. The van der Waals surface area contributed by atoms with Crippen molar-refractivity contribution in [2.45, 2.75) is 51.7 Å². The first-order chi connectivity index (χ1) is 6.72. The number of hydrogen-bond acceptors (Lipinski definition) is 4. The summed E-state index contributed by atoms with van der Waals surface area (Å²) in [4.78, 5) is 0. The summed E-state index contributed by atoms with van der Waals surface area (Å²) < 4.78 is 10.5.